The van der Waals surface area contributed by atoms with Gasteiger partial charge >= 0.3 is 11.9 Å². The Kier molecular flexibility index (Phi) is 33.9. The Morgan fingerprint density at radius 1 is 0.404 bits per heavy atom. The van der Waals surface area contributed by atoms with E-state index < -0.39 is 6.29 Å². The standard InChI is InChI=1S/C42H84NO4/c1-6-8-10-12-14-16-18-20-22-24-26-28-30-32-34-36-40(44)46-42(38-39-43(3,4)5)47-41(45)37-35-33-31-29-27-25-23-21-19-17-15-13-11-9-7-2/h42H,6-39H2,1-5H3/q+1. The van der Waals surface area contributed by atoms with Gasteiger partial charge in [0.15, 0.2) is 0 Å². The van der Waals surface area contributed by atoms with Crippen LogP contribution in [-0.2, 0) is 19.1 Å². The Morgan fingerprint density at radius 2 is 0.638 bits per heavy atom. The van der Waals surface area contributed by atoms with Gasteiger partial charge in [-0.05, 0) is 12.8 Å². The van der Waals surface area contributed by atoms with Crippen LogP contribution in [0, 0.1) is 0 Å². The Labute approximate surface area is 294 Å². The van der Waals surface area contributed by atoms with Crippen molar-refractivity contribution < 1.29 is 23.5 Å². The normalized spacial score (nSPS) is 11.8. The van der Waals surface area contributed by atoms with Crippen molar-refractivity contribution in [3.05, 3.63) is 0 Å². The number of nitrogens with zero attached hydrogens (tertiary/aromatic N) is 1. The molecule has 5 nitrogen and oxygen atoms in total. The van der Waals surface area contributed by atoms with Crippen molar-refractivity contribution in [3.8, 4) is 0 Å². The van der Waals surface area contributed by atoms with Crippen LogP contribution >= 0.6 is 0 Å². The lowest BCUT2D eigenvalue weighted by molar-refractivity contribution is -0.871. The van der Waals surface area contributed by atoms with Gasteiger partial charge in [0.05, 0.1) is 34.1 Å². The smallest absolute Gasteiger partial charge is 0.308 e. The molecule has 280 valence electrons. The lowest BCUT2D eigenvalue weighted by atomic mass is 10.0. The third-order valence-corrected chi connectivity index (χ3v) is 9.53. The van der Waals surface area contributed by atoms with Gasteiger partial charge in [0.1, 0.15) is 0 Å². The number of hydrogen-bond acceptors (Lipinski definition) is 4. The molecular formula is C42H84NO4+. The zero-order valence-electron chi connectivity index (χ0n) is 32.7. The monoisotopic (exact) mass is 667 g/mol. The van der Waals surface area contributed by atoms with Crippen LogP contribution in [0.15, 0.2) is 0 Å². The molecule has 0 fully saturated rings. The van der Waals surface area contributed by atoms with Crippen LogP contribution in [0.4, 0.5) is 0 Å². The molecule has 0 atom stereocenters. The van der Waals surface area contributed by atoms with Gasteiger partial charge in [-0.1, -0.05) is 194 Å². The van der Waals surface area contributed by atoms with E-state index in [0.717, 1.165) is 36.7 Å². The van der Waals surface area contributed by atoms with Crippen LogP contribution in [0.2, 0.25) is 0 Å². The van der Waals surface area contributed by atoms with E-state index in [2.05, 4.69) is 35.0 Å². The van der Waals surface area contributed by atoms with E-state index in [0.29, 0.717) is 19.3 Å². The van der Waals surface area contributed by atoms with Gasteiger partial charge in [0, 0.05) is 12.8 Å². The average molecular weight is 667 g/mol. The number of carbonyl (C=O) groups excluding carboxylic acids is 2. The van der Waals surface area contributed by atoms with Crippen molar-refractivity contribution in [1.82, 2.24) is 0 Å². The van der Waals surface area contributed by atoms with E-state index in [-0.39, 0.29) is 11.9 Å². The molecule has 0 aromatic carbocycles. The molecule has 0 saturated heterocycles. The molecule has 0 radical (unpaired) electrons. The summed E-state index contributed by atoms with van der Waals surface area (Å²) in [6.07, 6.45) is 39.7. The number of quaternary nitrogens is 1. The van der Waals surface area contributed by atoms with Gasteiger partial charge in [0.25, 0.3) is 6.29 Å². The molecule has 0 unspecified atom stereocenters. The molecular weight excluding hydrogens is 582 g/mol. The number of ether oxygens (including phenoxy) is 2. The SMILES string of the molecule is CCCCCCCCCCCCCCCCCC(=O)OC(CC[N+](C)(C)C)OC(=O)CCCCCCCCCCCCCCCCC. The van der Waals surface area contributed by atoms with Crippen molar-refractivity contribution in [2.45, 2.75) is 232 Å². The number of unbranched alkanes of at least 4 members (excludes halogenated alkanes) is 28. The van der Waals surface area contributed by atoms with Gasteiger partial charge in [-0.2, -0.15) is 0 Å². The molecule has 47 heavy (non-hydrogen) atoms. The molecule has 0 bridgehead atoms. The first-order valence-electron chi connectivity index (χ1n) is 21.0. The molecule has 5 heteroatoms. The van der Waals surface area contributed by atoms with Crippen LogP contribution in [0.25, 0.3) is 0 Å². The largest absolute Gasteiger partial charge is 0.425 e. The van der Waals surface area contributed by atoms with Crippen molar-refractivity contribution in [2.24, 2.45) is 0 Å². The van der Waals surface area contributed by atoms with E-state index in [1.807, 2.05) is 0 Å². The summed E-state index contributed by atoms with van der Waals surface area (Å²) >= 11 is 0. The second-order valence-electron chi connectivity index (χ2n) is 15.6. The number of hydrogen-bond donors (Lipinski definition) is 0. The minimum Gasteiger partial charge on any atom is -0.425 e. The Hall–Kier alpha value is -1.10. The van der Waals surface area contributed by atoms with Crippen LogP contribution in [0.5, 0.6) is 0 Å². The Bertz CT molecular complexity index is 626. The van der Waals surface area contributed by atoms with Gasteiger partial charge in [-0.25, -0.2) is 0 Å². The summed E-state index contributed by atoms with van der Waals surface area (Å²) in [5.41, 5.74) is 0. The molecule has 0 saturated carbocycles. The lowest BCUT2D eigenvalue weighted by Crippen LogP contribution is -2.38. The van der Waals surface area contributed by atoms with Gasteiger partial charge in [0.2, 0.25) is 0 Å². The van der Waals surface area contributed by atoms with Crippen LogP contribution in [0.3, 0.4) is 0 Å². The van der Waals surface area contributed by atoms with Crippen molar-refractivity contribution in [2.75, 3.05) is 27.7 Å². The van der Waals surface area contributed by atoms with Gasteiger partial charge < -0.3 is 14.0 Å². The molecule has 0 spiro atoms. The van der Waals surface area contributed by atoms with Crippen molar-refractivity contribution in [3.63, 3.8) is 0 Å². The molecule has 0 aromatic rings. The highest BCUT2D eigenvalue weighted by Gasteiger charge is 2.22. The fourth-order valence-electron chi connectivity index (χ4n) is 6.33. The van der Waals surface area contributed by atoms with Gasteiger partial charge in [-0.3, -0.25) is 9.59 Å². The summed E-state index contributed by atoms with van der Waals surface area (Å²) in [4.78, 5) is 25.2. The van der Waals surface area contributed by atoms with E-state index in [1.165, 1.54) is 167 Å². The predicted molar refractivity (Wildman–Crippen MR) is 203 cm³/mol. The molecule has 0 aliphatic carbocycles. The van der Waals surface area contributed by atoms with Crippen LogP contribution in [-0.4, -0.2) is 50.4 Å². The predicted octanol–water partition coefficient (Wildman–Crippen LogP) is 13.0. The highest BCUT2D eigenvalue weighted by atomic mass is 16.7. The minimum absolute atomic E-state index is 0.231. The van der Waals surface area contributed by atoms with E-state index >= 15 is 0 Å². The summed E-state index contributed by atoms with van der Waals surface area (Å²) in [7, 11) is 6.31. The zero-order valence-corrected chi connectivity index (χ0v) is 32.7. The summed E-state index contributed by atoms with van der Waals surface area (Å²) in [6.45, 7) is 5.34. The third-order valence-electron chi connectivity index (χ3n) is 9.53. The molecule has 0 amide bonds. The second-order valence-corrected chi connectivity index (χ2v) is 15.6. The van der Waals surface area contributed by atoms with Crippen LogP contribution in [0.1, 0.15) is 226 Å². The molecule has 0 rings (SSSR count). The maximum absolute atomic E-state index is 12.6. The van der Waals surface area contributed by atoms with E-state index in [1.54, 1.807) is 0 Å². The first-order chi connectivity index (χ1) is 22.8. The molecule has 0 aliphatic rings. The van der Waals surface area contributed by atoms with E-state index in [4.69, 9.17) is 9.47 Å². The third kappa shape index (κ3) is 37.6. The fraction of sp³-hybridized carbons (Fsp3) is 0.952. The zero-order chi connectivity index (χ0) is 34.7. The highest BCUT2D eigenvalue weighted by molar-refractivity contribution is 5.71. The maximum atomic E-state index is 12.6. The summed E-state index contributed by atoms with van der Waals surface area (Å²) in [5.74, 6) is -0.461. The lowest BCUT2D eigenvalue weighted by Gasteiger charge is -2.26. The first-order valence-corrected chi connectivity index (χ1v) is 21.0. The quantitative estimate of drug-likeness (QED) is 0.0286. The van der Waals surface area contributed by atoms with E-state index in [9.17, 15) is 9.59 Å². The Morgan fingerprint density at radius 3 is 0.872 bits per heavy atom. The molecule has 0 aromatic heterocycles. The summed E-state index contributed by atoms with van der Waals surface area (Å²) in [6, 6.07) is 0. The minimum atomic E-state index is -0.764. The van der Waals surface area contributed by atoms with Crippen molar-refractivity contribution in [1.29, 1.82) is 0 Å². The average Bonchev–Trinajstić information content (AvgIpc) is 3.03. The summed E-state index contributed by atoms with van der Waals surface area (Å²) < 4.78 is 12.1. The fourth-order valence-corrected chi connectivity index (χ4v) is 6.33. The molecule has 0 heterocycles. The maximum Gasteiger partial charge on any atom is 0.308 e. The Balaban J connectivity index is 3.89. The second kappa shape index (κ2) is 34.8. The van der Waals surface area contributed by atoms with Crippen molar-refractivity contribution >= 4 is 11.9 Å². The first kappa shape index (κ1) is 45.9. The number of carbonyl (C=O) groups is 2. The van der Waals surface area contributed by atoms with Gasteiger partial charge in [-0.15, -0.1) is 0 Å². The van der Waals surface area contributed by atoms with Crippen LogP contribution < -0.4 is 0 Å². The number of esters is 2. The molecule has 0 aliphatic heterocycles. The highest BCUT2D eigenvalue weighted by Crippen LogP contribution is 2.17. The topological polar surface area (TPSA) is 52.6 Å². The summed E-state index contributed by atoms with van der Waals surface area (Å²) in [5, 5.41) is 0. The molecule has 0 N–H and O–H groups in total. The number of rotatable bonds is 37.